The second-order valence-corrected chi connectivity index (χ2v) is 11.9. The van der Waals surface area contributed by atoms with E-state index < -0.39 is 34.3 Å². The molecule has 2 atom stereocenters. The first-order valence-corrected chi connectivity index (χ1v) is 14.9. The van der Waals surface area contributed by atoms with Crippen LogP contribution in [0.2, 0.25) is 0 Å². The van der Waals surface area contributed by atoms with Crippen LogP contribution in [-0.4, -0.2) is 43.8 Å². The van der Waals surface area contributed by atoms with Gasteiger partial charge in [0.15, 0.2) is 0 Å². The first-order valence-electron chi connectivity index (χ1n) is 13.5. The molecule has 3 aromatic rings. The second-order valence-electron chi connectivity index (χ2n) is 10.1. The molecule has 214 valence electrons. The summed E-state index contributed by atoms with van der Waals surface area (Å²) >= 11 is 0. The summed E-state index contributed by atoms with van der Waals surface area (Å²) in [5, 5.41) is 2.97. The summed E-state index contributed by atoms with van der Waals surface area (Å²) in [5.41, 5.74) is 3.03. The summed E-state index contributed by atoms with van der Waals surface area (Å²) in [6.45, 7) is 9.08. The number of nitrogens with zero attached hydrogens (tertiary/aromatic N) is 2. The van der Waals surface area contributed by atoms with Crippen LogP contribution < -0.4 is 9.62 Å². The molecule has 0 unspecified atom stereocenters. The highest BCUT2D eigenvalue weighted by molar-refractivity contribution is 7.92. The number of hydrogen-bond donors (Lipinski definition) is 1. The number of rotatable bonds is 12. The number of anilines is 1. The van der Waals surface area contributed by atoms with E-state index in [1.807, 2.05) is 58.9 Å². The van der Waals surface area contributed by atoms with Crippen molar-refractivity contribution in [2.45, 2.75) is 71.0 Å². The van der Waals surface area contributed by atoms with E-state index in [9.17, 15) is 22.4 Å². The van der Waals surface area contributed by atoms with Gasteiger partial charge in [0, 0.05) is 12.6 Å². The van der Waals surface area contributed by atoms with Crippen LogP contribution in [0.25, 0.3) is 0 Å². The fourth-order valence-electron chi connectivity index (χ4n) is 4.34. The predicted molar refractivity (Wildman–Crippen MR) is 156 cm³/mol. The Hall–Kier alpha value is -3.72. The van der Waals surface area contributed by atoms with Crippen LogP contribution in [0, 0.1) is 19.7 Å². The van der Waals surface area contributed by atoms with Crippen LogP contribution in [0.3, 0.4) is 0 Å². The fraction of sp³-hybridized carbons (Fsp3) is 0.355. The molecule has 0 aromatic heterocycles. The number of hydrogen-bond acceptors (Lipinski definition) is 4. The zero-order valence-electron chi connectivity index (χ0n) is 23.7. The molecule has 0 bridgehead atoms. The largest absolute Gasteiger partial charge is 0.352 e. The van der Waals surface area contributed by atoms with E-state index in [0.29, 0.717) is 6.42 Å². The summed E-state index contributed by atoms with van der Waals surface area (Å²) in [5.74, 6) is -1.39. The topological polar surface area (TPSA) is 86.8 Å². The van der Waals surface area contributed by atoms with Crippen LogP contribution in [0.5, 0.6) is 0 Å². The van der Waals surface area contributed by atoms with E-state index in [1.165, 1.54) is 17.0 Å². The summed E-state index contributed by atoms with van der Waals surface area (Å²) < 4.78 is 42.2. The molecule has 0 radical (unpaired) electrons. The Morgan fingerprint density at radius 2 is 1.55 bits per heavy atom. The summed E-state index contributed by atoms with van der Waals surface area (Å²) in [6.07, 6.45) is 1.07. The van der Waals surface area contributed by atoms with Crippen molar-refractivity contribution in [3.05, 3.63) is 95.3 Å². The number of amides is 2. The van der Waals surface area contributed by atoms with Crippen molar-refractivity contribution in [1.82, 2.24) is 10.2 Å². The quantitative estimate of drug-likeness (QED) is 0.319. The lowest BCUT2D eigenvalue weighted by molar-refractivity contribution is -0.140. The Labute approximate surface area is 237 Å². The van der Waals surface area contributed by atoms with Crippen molar-refractivity contribution in [3.8, 4) is 0 Å². The Morgan fingerprint density at radius 1 is 0.900 bits per heavy atom. The molecule has 2 amide bonds. The highest BCUT2D eigenvalue weighted by atomic mass is 32.2. The Bertz CT molecular complexity index is 1410. The average molecular weight is 568 g/mol. The molecule has 3 aromatic carbocycles. The highest BCUT2D eigenvalue weighted by Gasteiger charge is 2.34. The van der Waals surface area contributed by atoms with Crippen LogP contribution >= 0.6 is 0 Å². The van der Waals surface area contributed by atoms with E-state index >= 15 is 0 Å². The molecular weight excluding hydrogens is 529 g/mol. The van der Waals surface area contributed by atoms with E-state index in [2.05, 4.69) is 5.32 Å². The molecule has 0 aliphatic carbocycles. The zero-order valence-corrected chi connectivity index (χ0v) is 24.5. The Kier molecular flexibility index (Phi) is 10.5. The number of sulfonamides is 1. The molecule has 0 saturated heterocycles. The van der Waals surface area contributed by atoms with Crippen molar-refractivity contribution in [1.29, 1.82) is 0 Å². The molecular formula is C31H38FN3O4S. The third-order valence-electron chi connectivity index (χ3n) is 6.82. The monoisotopic (exact) mass is 567 g/mol. The van der Waals surface area contributed by atoms with Gasteiger partial charge in [-0.25, -0.2) is 12.8 Å². The van der Waals surface area contributed by atoms with Crippen LogP contribution in [0.1, 0.15) is 50.3 Å². The molecule has 0 saturated carbocycles. The van der Waals surface area contributed by atoms with E-state index in [1.54, 1.807) is 24.3 Å². The average Bonchev–Trinajstić information content (AvgIpc) is 2.92. The van der Waals surface area contributed by atoms with E-state index in [4.69, 9.17) is 0 Å². The molecule has 0 aliphatic heterocycles. The first-order chi connectivity index (χ1) is 19.0. The van der Waals surface area contributed by atoms with Crippen molar-refractivity contribution in [2.75, 3.05) is 10.8 Å². The highest BCUT2D eigenvalue weighted by Crippen LogP contribution is 2.25. The van der Waals surface area contributed by atoms with Crippen LogP contribution in [0.4, 0.5) is 10.1 Å². The van der Waals surface area contributed by atoms with Gasteiger partial charge in [-0.05, 0) is 75.6 Å². The Balaban J connectivity index is 2.05. The lowest BCUT2D eigenvalue weighted by Gasteiger charge is -2.33. The SMILES string of the molecule is CC[C@H](C(=O)N[C@@H](C)CC)N(Cc1cccc(C)c1)C(=O)CN(c1ccc(C)cc1)S(=O)(=O)c1ccc(F)cc1. The smallest absolute Gasteiger partial charge is 0.264 e. The molecule has 7 nitrogen and oxygen atoms in total. The number of carbonyl (C=O) groups excluding carboxylic acids is 2. The third-order valence-corrected chi connectivity index (χ3v) is 8.61. The van der Waals surface area contributed by atoms with Crippen LogP contribution in [-0.2, 0) is 26.2 Å². The maximum atomic E-state index is 14.1. The number of carbonyl (C=O) groups is 2. The van der Waals surface area contributed by atoms with Gasteiger partial charge in [0.05, 0.1) is 10.6 Å². The summed E-state index contributed by atoms with van der Waals surface area (Å²) in [4.78, 5) is 28.7. The van der Waals surface area contributed by atoms with Gasteiger partial charge in [-0.15, -0.1) is 0 Å². The molecule has 1 N–H and O–H groups in total. The molecule has 0 aliphatic rings. The third kappa shape index (κ3) is 7.69. The molecule has 0 heterocycles. The van der Waals surface area contributed by atoms with E-state index in [0.717, 1.165) is 39.5 Å². The van der Waals surface area contributed by atoms with E-state index in [-0.39, 0.29) is 29.1 Å². The predicted octanol–water partition coefficient (Wildman–Crippen LogP) is 5.36. The zero-order chi connectivity index (χ0) is 29.4. The maximum Gasteiger partial charge on any atom is 0.264 e. The minimum absolute atomic E-state index is 0.0830. The molecule has 3 rings (SSSR count). The number of aryl methyl sites for hydroxylation is 2. The van der Waals surface area contributed by atoms with Gasteiger partial charge in [0.25, 0.3) is 10.0 Å². The number of nitrogens with one attached hydrogen (secondary N) is 1. The van der Waals surface area contributed by atoms with Gasteiger partial charge in [-0.3, -0.25) is 13.9 Å². The fourth-order valence-corrected chi connectivity index (χ4v) is 5.76. The van der Waals surface area contributed by atoms with Gasteiger partial charge >= 0.3 is 0 Å². The van der Waals surface area contributed by atoms with Crippen molar-refractivity contribution >= 4 is 27.5 Å². The van der Waals surface area contributed by atoms with Crippen molar-refractivity contribution < 1.29 is 22.4 Å². The normalized spacial score (nSPS) is 12.8. The molecule has 9 heteroatoms. The lowest BCUT2D eigenvalue weighted by Crippen LogP contribution is -2.53. The molecule has 0 fully saturated rings. The first kappa shape index (κ1) is 30.8. The number of halogens is 1. The van der Waals surface area contributed by atoms with Crippen molar-refractivity contribution in [3.63, 3.8) is 0 Å². The van der Waals surface area contributed by atoms with Crippen LogP contribution in [0.15, 0.2) is 77.7 Å². The van der Waals surface area contributed by atoms with Gasteiger partial charge in [-0.2, -0.15) is 0 Å². The van der Waals surface area contributed by atoms with Crippen molar-refractivity contribution in [2.24, 2.45) is 0 Å². The molecule has 0 spiro atoms. The maximum absolute atomic E-state index is 14.1. The minimum Gasteiger partial charge on any atom is -0.352 e. The summed E-state index contributed by atoms with van der Waals surface area (Å²) in [6, 6.07) is 18.0. The lowest BCUT2D eigenvalue weighted by atomic mass is 10.1. The molecule has 40 heavy (non-hydrogen) atoms. The standard InChI is InChI=1S/C31H38FN3O4S/c1-6-24(5)33-31(37)29(7-2)34(20-25-10-8-9-23(4)19-25)30(36)21-35(27-15-11-22(3)12-16-27)40(38,39)28-17-13-26(32)14-18-28/h8-19,24,29H,6-7,20-21H2,1-5H3,(H,33,37)/t24-,29+/m0/s1. The van der Waals surface area contributed by atoms with Gasteiger partial charge in [-0.1, -0.05) is 61.4 Å². The van der Waals surface area contributed by atoms with Gasteiger partial charge in [0.2, 0.25) is 11.8 Å². The van der Waals surface area contributed by atoms with Gasteiger partial charge in [0.1, 0.15) is 18.4 Å². The number of benzene rings is 3. The Morgan fingerprint density at radius 3 is 2.12 bits per heavy atom. The summed E-state index contributed by atoms with van der Waals surface area (Å²) in [7, 11) is -4.25. The minimum atomic E-state index is -4.25. The van der Waals surface area contributed by atoms with Gasteiger partial charge < -0.3 is 10.2 Å². The second kappa shape index (κ2) is 13.6.